The predicted octanol–water partition coefficient (Wildman–Crippen LogP) is 5.41. The Labute approximate surface area is 226 Å². The molecule has 9 heteroatoms. The molecule has 2 aromatic heterocycles. The Morgan fingerprint density at radius 2 is 1.87 bits per heavy atom. The van der Waals surface area contributed by atoms with Gasteiger partial charge in [-0.1, -0.05) is 18.2 Å². The topological polar surface area (TPSA) is 71.4 Å². The van der Waals surface area contributed by atoms with Gasteiger partial charge in [-0.25, -0.2) is 4.39 Å². The molecule has 2 N–H and O–H groups in total. The van der Waals surface area contributed by atoms with Crippen molar-refractivity contribution >= 4 is 28.9 Å². The molecule has 1 amide bonds. The van der Waals surface area contributed by atoms with Gasteiger partial charge in [-0.05, 0) is 79.8 Å². The summed E-state index contributed by atoms with van der Waals surface area (Å²) in [7, 11) is 0. The molecule has 1 aliphatic rings. The van der Waals surface area contributed by atoms with Crippen molar-refractivity contribution in [1.29, 1.82) is 0 Å². The summed E-state index contributed by atoms with van der Waals surface area (Å²) in [4.78, 5) is 19.3. The van der Waals surface area contributed by atoms with Gasteiger partial charge in [0.1, 0.15) is 11.6 Å². The first kappa shape index (κ1) is 25.4. The number of rotatable bonds is 9. The lowest BCUT2D eigenvalue weighted by Crippen LogP contribution is -2.33. The van der Waals surface area contributed by atoms with Crippen molar-refractivity contribution in [3.63, 3.8) is 0 Å². The van der Waals surface area contributed by atoms with Crippen LogP contribution in [-0.2, 0) is 4.79 Å². The smallest absolute Gasteiger partial charge is 0.226 e. The van der Waals surface area contributed by atoms with Gasteiger partial charge in [-0.2, -0.15) is 0 Å². The molecule has 5 rings (SSSR count). The lowest BCUT2D eigenvalue weighted by molar-refractivity contribution is -0.116. The number of amides is 1. The van der Waals surface area contributed by atoms with Crippen LogP contribution in [-0.4, -0.2) is 38.6 Å². The average Bonchev–Trinajstić information content (AvgIpc) is 3.54. The van der Waals surface area contributed by atoms with E-state index in [2.05, 4.69) is 26.3 Å². The van der Waals surface area contributed by atoms with Crippen LogP contribution in [0.5, 0.6) is 5.75 Å². The zero-order valence-corrected chi connectivity index (χ0v) is 21.7. The maximum Gasteiger partial charge on any atom is 0.226 e. The second-order valence-corrected chi connectivity index (χ2v) is 9.21. The largest absolute Gasteiger partial charge is 0.494 e. The number of thiocarbonyl (C=S) groups is 1. The van der Waals surface area contributed by atoms with E-state index in [9.17, 15) is 9.18 Å². The zero-order valence-electron chi connectivity index (χ0n) is 20.9. The van der Waals surface area contributed by atoms with Crippen molar-refractivity contribution in [2.24, 2.45) is 0 Å². The van der Waals surface area contributed by atoms with E-state index in [1.165, 1.54) is 6.07 Å². The van der Waals surface area contributed by atoms with Gasteiger partial charge in [0.05, 0.1) is 30.1 Å². The summed E-state index contributed by atoms with van der Waals surface area (Å²) in [5.74, 6) is 0.0443. The molecule has 0 radical (unpaired) electrons. The number of hydrogen-bond acceptors (Lipinski definition) is 4. The quantitative estimate of drug-likeness (QED) is 0.283. The number of halogens is 1. The monoisotopic (exact) mass is 529 g/mol. The molecule has 2 unspecified atom stereocenters. The number of anilines is 1. The van der Waals surface area contributed by atoms with Gasteiger partial charge in [-0.3, -0.25) is 9.78 Å². The molecule has 0 aliphatic carbocycles. The van der Waals surface area contributed by atoms with E-state index in [0.717, 1.165) is 22.8 Å². The van der Waals surface area contributed by atoms with Crippen molar-refractivity contribution in [3.05, 3.63) is 108 Å². The standard InChI is InChI=1S/C29H28FN5O2S/c1-2-37-21-14-12-20(13-15-21)34-18-7-11-25(34)28-27(24-10-5-6-17-31-24)33-29(38)35(28)19-16-26(36)32-23-9-4-3-8-22(23)30/h3-15,17-18,27-28H,2,16,19H2,1H3,(H,32,36)(H,33,38). The fraction of sp³-hybridized carbons (Fsp3) is 0.207. The van der Waals surface area contributed by atoms with Crippen molar-refractivity contribution in [3.8, 4) is 11.4 Å². The Hall–Kier alpha value is -4.24. The van der Waals surface area contributed by atoms with E-state index in [0.29, 0.717) is 18.3 Å². The van der Waals surface area contributed by atoms with Crippen LogP contribution in [0.3, 0.4) is 0 Å². The molecule has 194 valence electrons. The molecule has 2 aromatic carbocycles. The van der Waals surface area contributed by atoms with E-state index >= 15 is 0 Å². The van der Waals surface area contributed by atoms with Gasteiger partial charge in [0.15, 0.2) is 5.11 Å². The van der Waals surface area contributed by atoms with Crippen LogP contribution in [0.4, 0.5) is 10.1 Å². The summed E-state index contributed by atoms with van der Waals surface area (Å²) < 4.78 is 21.8. The maximum absolute atomic E-state index is 14.0. The number of nitrogens with one attached hydrogen (secondary N) is 2. The summed E-state index contributed by atoms with van der Waals surface area (Å²) >= 11 is 5.75. The summed E-state index contributed by atoms with van der Waals surface area (Å²) in [6.45, 7) is 2.90. The third kappa shape index (κ3) is 5.38. The number of para-hydroxylation sites is 1. The molecule has 4 aromatic rings. The van der Waals surface area contributed by atoms with E-state index < -0.39 is 5.82 Å². The van der Waals surface area contributed by atoms with E-state index in [4.69, 9.17) is 17.0 Å². The maximum atomic E-state index is 14.0. The number of carbonyl (C=O) groups excluding carboxylic acids is 1. The van der Waals surface area contributed by atoms with Gasteiger partial charge in [0.25, 0.3) is 0 Å². The van der Waals surface area contributed by atoms with Gasteiger partial charge in [0.2, 0.25) is 5.91 Å². The number of hydrogen-bond donors (Lipinski definition) is 2. The van der Waals surface area contributed by atoms with Crippen LogP contribution in [0.1, 0.15) is 36.8 Å². The number of aromatic nitrogens is 2. The normalized spacial score (nSPS) is 16.8. The number of pyridine rings is 1. The van der Waals surface area contributed by atoms with E-state index in [1.54, 1.807) is 24.4 Å². The highest BCUT2D eigenvalue weighted by atomic mass is 32.1. The summed E-state index contributed by atoms with van der Waals surface area (Å²) in [5.41, 5.74) is 2.97. The Morgan fingerprint density at radius 1 is 1.08 bits per heavy atom. The number of carbonyl (C=O) groups is 1. The van der Waals surface area contributed by atoms with Gasteiger partial charge < -0.3 is 24.8 Å². The summed E-state index contributed by atoms with van der Waals surface area (Å²) in [5, 5.41) is 6.61. The molecular weight excluding hydrogens is 501 g/mol. The van der Waals surface area contributed by atoms with Crippen LogP contribution < -0.4 is 15.4 Å². The minimum absolute atomic E-state index is 0.130. The van der Waals surface area contributed by atoms with Crippen LogP contribution in [0.2, 0.25) is 0 Å². The first-order chi connectivity index (χ1) is 18.5. The zero-order chi connectivity index (χ0) is 26.5. The minimum atomic E-state index is -0.472. The molecule has 7 nitrogen and oxygen atoms in total. The Kier molecular flexibility index (Phi) is 7.65. The molecule has 0 spiro atoms. The fourth-order valence-corrected chi connectivity index (χ4v) is 5.04. The average molecular weight is 530 g/mol. The molecule has 0 bridgehead atoms. The van der Waals surface area contributed by atoms with Crippen molar-refractivity contribution in [1.82, 2.24) is 19.8 Å². The lowest BCUT2D eigenvalue weighted by atomic mass is 10.0. The highest BCUT2D eigenvalue weighted by Crippen LogP contribution is 2.39. The van der Waals surface area contributed by atoms with Gasteiger partial charge in [-0.15, -0.1) is 0 Å². The second-order valence-electron chi connectivity index (χ2n) is 8.83. The van der Waals surface area contributed by atoms with Crippen LogP contribution in [0, 0.1) is 5.82 Å². The van der Waals surface area contributed by atoms with Crippen molar-refractivity contribution < 1.29 is 13.9 Å². The summed E-state index contributed by atoms with van der Waals surface area (Å²) in [6.07, 6.45) is 3.89. The third-order valence-electron chi connectivity index (χ3n) is 6.43. The predicted molar refractivity (Wildman–Crippen MR) is 149 cm³/mol. The fourth-order valence-electron chi connectivity index (χ4n) is 4.71. The molecular formula is C29H28FN5O2S. The number of ether oxygens (including phenoxy) is 1. The van der Waals surface area contributed by atoms with Crippen LogP contribution in [0.25, 0.3) is 5.69 Å². The first-order valence-corrected chi connectivity index (χ1v) is 12.9. The second kappa shape index (κ2) is 11.4. The van der Waals surface area contributed by atoms with Gasteiger partial charge >= 0.3 is 0 Å². The minimum Gasteiger partial charge on any atom is -0.494 e. The third-order valence-corrected chi connectivity index (χ3v) is 6.79. The highest BCUT2D eigenvalue weighted by Gasteiger charge is 2.41. The molecule has 2 atom stereocenters. The number of nitrogens with zero attached hydrogens (tertiary/aromatic N) is 3. The summed E-state index contributed by atoms with van der Waals surface area (Å²) in [6, 6.07) is 23.4. The van der Waals surface area contributed by atoms with Crippen LogP contribution in [0.15, 0.2) is 91.3 Å². The molecule has 1 fully saturated rings. The Balaban J connectivity index is 1.43. The van der Waals surface area contributed by atoms with Crippen LogP contribution >= 0.6 is 12.2 Å². The molecule has 3 heterocycles. The van der Waals surface area contributed by atoms with E-state index in [1.807, 2.05) is 66.6 Å². The van der Waals surface area contributed by atoms with Crippen molar-refractivity contribution in [2.75, 3.05) is 18.5 Å². The highest BCUT2D eigenvalue weighted by molar-refractivity contribution is 7.80. The Bertz CT molecular complexity index is 1410. The Morgan fingerprint density at radius 3 is 2.61 bits per heavy atom. The molecule has 1 saturated heterocycles. The SMILES string of the molecule is CCOc1ccc(-n2cccc2C2C(c3ccccn3)NC(=S)N2CCC(=O)Nc2ccccc2F)cc1. The molecule has 0 saturated carbocycles. The molecule has 1 aliphatic heterocycles. The molecule has 38 heavy (non-hydrogen) atoms. The van der Waals surface area contributed by atoms with Crippen molar-refractivity contribution in [2.45, 2.75) is 25.4 Å². The first-order valence-electron chi connectivity index (χ1n) is 12.5. The number of benzene rings is 2. The van der Waals surface area contributed by atoms with E-state index in [-0.39, 0.29) is 30.1 Å². The van der Waals surface area contributed by atoms with Gasteiger partial charge in [0, 0.05) is 36.7 Å². The lowest BCUT2D eigenvalue weighted by Gasteiger charge is -2.29.